The van der Waals surface area contributed by atoms with Crippen LogP contribution >= 0.6 is 7.37 Å². The Morgan fingerprint density at radius 2 is 2.00 bits per heavy atom. The molecule has 6 heteroatoms. The first-order chi connectivity index (χ1) is 6.75. The predicted molar refractivity (Wildman–Crippen MR) is 54.9 cm³/mol. The van der Waals surface area contributed by atoms with E-state index in [1.807, 2.05) is 0 Å². The molecular weight excluding hydrogens is 225 g/mol. The van der Waals surface area contributed by atoms with Crippen LogP contribution in [-0.4, -0.2) is 31.6 Å². The van der Waals surface area contributed by atoms with Crippen molar-refractivity contribution in [2.24, 2.45) is 0 Å². The number of halogens is 2. The van der Waals surface area contributed by atoms with Crippen molar-refractivity contribution >= 4 is 13.2 Å². The van der Waals surface area contributed by atoms with Crippen LogP contribution in [0.1, 0.15) is 26.2 Å². The zero-order valence-electron chi connectivity index (χ0n) is 9.26. The molecule has 0 spiro atoms. The number of unbranched alkanes of at least 4 members (excludes halogenated alkanes) is 1. The molecular formula is C9H17F2O3P. The second kappa shape index (κ2) is 5.71. The molecule has 0 heterocycles. The number of carbonyl (C=O) groups excluding carboxylic acids is 1. The Morgan fingerprint density at radius 3 is 2.40 bits per heavy atom. The van der Waals surface area contributed by atoms with Crippen molar-refractivity contribution < 1.29 is 22.7 Å². The Morgan fingerprint density at radius 1 is 1.47 bits per heavy atom. The van der Waals surface area contributed by atoms with Crippen molar-refractivity contribution in [3.05, 3.63) is 0 Å². The van der Waals surface area contributed by atoms with Gasteiger partial charge in [-0.05, 0) is 6.42 Å². The van der Waals surface area contributed by atoms with E-state index < -0.39 is 31.7 Å². The third-order valence-corrected chi connectivity index (χ3v) is 3.70. The molecule has 0 saturated carbocycles. The summed E-state index contributed by atoms with van der Waals surface area (Å²) in [4.78, 5) is 11.1. The van der Waals surface area contributed by atoms with Gasteiger partial charge in [0, 0.05) is 20.2 Å². The van der Waals surface area contributed by atoms with Crippen molar-refractivity contribution in [2.75, 3.05) is 19.9 Å². The highest BCUT2D eigenvalue weighted by molar-refractivity contribution is 7.59. The number of hydrogen-bond donors (Lipinski definition) is 0. The van der Waals surface area contributed by atoms with Crippen LogP contribution in [0.4, 0.5) is 8.78 Å². The van der Waals surface area contributed by atoms with Crippen LogP contribution < -0.4 is 0 Å². The summed E-state index contributed by atoms with van der Waals surface area (Å²) in [7, 11) is -2.04. The summed E-state index contributed by atoms with van der Waals surface area (Å²) >= 11 is 0. The first-order valence-electron chi connectivity index (χ1n) is 4.78. The van der Waals surface area contributed by atoms with E-state index >= 15 is 0 Å². The second-order valence-corrected chi connectivity index (χ2v) is 6.30. The summed E-state index contributed by atoms with van der Waals surface area (Å²) in [6.07, 6.45) is -0.303. The lowest BCUT2D eigenvalue weighted by Gasteiger charge is -2.16. The van der Waals surface area contributed by atoms with Crippen molar-refractivity contribution in [1.82, 2.24) is 0 Å². The lowest BCUT2D eigenvalue weighted by Crippen LogP contribution is -2.31. The van der Waals surface area contributed by atoms with Crippen molar-refractivity contribution in [3.8, 4) is 0 Å². The summed E-state index contributed by atoms with van der Waals surface area (Å²) in [5.74, 6) is -4.66. The summed E-state index contributed by atoms with van der Waals surface area (Å²) in [5, 5.41) is 0. The lowest BCUT2D eigenvalue weighted by molar-refractivity contribution is -0.141. The molecule has 90 valence electrons. The van der Waals surface area contributed by atoms with Gasteiger partial charge in [0.05, 0.1) is 6.16 Å². The predicted octanol–water partition coefficient (Wildman–Crippen LogP) is 2.94. The van der Waals surface area contributed by atoms with Gasteiger partial charge in [-0.2, -0.15) is 8.78 Å². The average Bonchev–Trinajstić information content (AvgIpc) is 2.14. The van der Waals surface area contributed by atoms with Crippen molar-refractivity contribution in [3.63, 3.8) is 0 Å². The van der Waals surface area contributed by atoms with E-state index in [2.05, 4.69) is 4.52 Å². The van der Waals surface area contributed by atoms with Crippen molar-refractivity contribution in [1.29, 1.82) is 0 Å². The highest BCUT2D eigenvalue weighted by Crippen LogP contribution is 2.43. The minimum atomic E-state index is -3.37. The number of rotatable bonds is 7. The van der Waals surface area contributed by atoms with Gasteiger partial charge in [0.2, 0.25) is 13.2 Å². The Hall–Kier alpha value is -0.280. The second-order valence-electron chi connectivity index (χ2n) is 3.59. The van der Waals surface area contributed by atoms with Crippen LogP contribution in [0.5, 0.6) is 0 Å². The van der Waals surface area contributed by atoms with Crippen LogP contribution in [0.3, 0.4) is 0 Å². The minimum Gasteiger partial charge on any atom is -0.332 e. The van der Waals surface area contributed by atoms with Crippen LogP contribution in [0.25, 0.3) is 0 Å². The molecule has 0 aromatic carbocycles. The maximum Gasteiger partial charge on any atom is 0.305 e. The topological polar surface area (TPSA) is 43.4 Å². The van der Waals surface area contributed by atoms with E-state index in [0.29, 0.717) is 6.42 Å². The van der Waals surface area contributed by atoms with Gasteiger partial charge in [-0.15, -0.1) is 0 Å². The van der Waals surface area contributed by atoms with Gasteiger partial charge < -0.3 is 4.52 Å². The fourth-order valence-electron chi connectivity index (χ4n) is 0.979. The van der Waals surface area contributed by atoms with Crippen LogP contribution in [0, 0.1) is 0 Å². The van der Waals surface area contributed by atoms with E-state index in [0.717, 1.165) is 7.11 Å². The fraction of sp³-hybridized carbons (Fsp3) is 0.889. The van der Waals surface area contributed by atoms with E-state index in [1.54, 1.807) is 6.92 Å². The smallest absolute Gasteiger partial charge is 0.305 e. The molecule has 0 aliphatic rings. The third kappa shape index (κ3) is 5.38. The van der Waals surface area contributed by atoms with Gasteiger partial charge in [-0.1, -0.05) is 13.3 Å². The van der Waals surface area contributed by atoms with Crippen molar-refractivity contribution in [2.45, 2.75) is 32.1 Å². The number of Topliss-reactive ketones (excluding diaryl/α,β-unsaturated/α-hetero) is 1. The molecule has 0 aromatic heterocycles. The Bertz CT molecular complexity index is 266. The molecule has 0 saturated heterocycles. The molecule has 0 fully saturated rings. The molecule has 0 rings (SSSR count). The molecule has 0 radical (unpaired) electrons. The summed E-state index contributed by atoms with van der Waals surface area (Å²) in [6, 6.07) is 0. The van der Waals surface area contributed by atoms with Gasteiger partial charge in [0.15, 0.2) is 0 Å². The Balaban J connectivity index is 4.37. The number of hydrogen-bond acceptors (Lipinski definition) is 3. The number of alkyl halides is 2. The quantitative estimate of drug-likeness (QED) is 0.644. The molecule has 1 atom stereocenters. The van der Waals surface area contributed by atoms with E-state index in [-0.39, 0.29) is 6.42 Å². The van der Waals surface area contributed by atoms with Gasteiger partial charge in [-0.25, -0.2) is 0 Å². The molecule has 0 aromatic rings. The maximum absolute atomic E-state index is 13.1. The standard InChI is InChI=1S/C9H17F2O3P/c1-4-5-6-9(10,11)8(12)7-15(3,13)14-2/h4-7H2,1-3H3. The first-order valence-corrected chi connectivity index (χ1v) is 7.04. The average molecular weight is 242 g/mol. The highest BCUT2D eigenvalue weighted by atomic mass is 31.2. The molecule has 0 N–H and O–H groups in total. The maximum atomic E-state index is 13.1. The monoisotopic (exact) mass is 242 g/mol. The van der Waals surface area contributed by atoms with E-state index in [1.165, 1.54) is 6.66 Å². The zero-order valence-corrected chi connectivity index (χ0v) is 10.2. The zero-order chi connectivity index (χ0) is 12.1. The molecule has 1 unspecified atom stereocenters. The molecule has 15 heavy (non-hydrogen) atoms. The third-order valence-electron chi connectivity index (χ3n) is 2.07. The summed E-state index contributed by atoms with van der Waals surface area (Å²) in [6.45, 7) is 2.95. The van der Waals surface area contributed by atoms with Crippen LogP contribution in [-0.2, 0) is 13.9 Å². The van der Waals surface area contributed by atoms with Crippen LogP contribution in [0.2, 0.25) is 0 Å². The van der Waals surface area contributed by atoms with E-state index in [4.69, 9.17) is 0 Å². The van der Waals surface area contributed by atoms with Gasteiger partial charge >= 0.3 is 5.92 Å². The van der Waals surface area contributed by atoms with Gasteiger partial charge in [0.25, 0.3) is 0 Å². The number of ketones is 1. The van der Waals surface area contributed by atoms with Crippen LogP contribution in [0.15, 0.2) is 0 Å². The fourth-order valence-corrected chi connectivity index (χ4v) is 1.86. The molecule has 0 aliphatic heterocycles. The van der Waals surface area contributed by atoms with Gasteiger partial charge in [-0.3, -0.25) is 9.36 Å². The lowest BCUT2D eigenvalue weighted by atomic mass is 10.1. The summed E-state index contributed by atoms with van der Waals surface area (Å²) < 4.78 is 42.1. The van der Waals surface area contributed by atoms with Gasteiger partial charge in [0.1, 0.15) is 0 Å². The molecule has 0 bridgehead atoms. The number of carbonyl (C=O) groups is 1. The summed E-state index contributed by atoms with van der Waals surface area (Å²) in [5.41, 5.74) is 0. The Labute approximate surface area is 88.6 Å². The normalized spacial score (nSPS) is 16.1. The van der Waals surface area contributed by atoms with E-state index in [9.17, 15) is 18.1 Å². The molecule has 0 aliphatic carbocycles. The largest absolute Gasteiger partial charge is 0.332 e. The Kier molecular flexibility index (Phi) is 5.60. The molecule has 0 amide bonds. The minimum absolute atomic E-state index is 0.278. The first kappa shape index (κ1) is 14.7. The highest BCUT2D eigenvalue weighted by Gasteiger charge is 2.40. The SMILES string of the molecule is CCCCC(F)(F)C(=O)CP(C)(=O)OC. The molecule has 3 nitrogen and oxygen atoms in total.